The number of carbonyl (C=O) groups excluding carboxylic acids is 3. The Balaban J connectivity index is 4.30. The maximum absolute atomic E-state index is 12.9. The summed E-state index contributed by atoms with van der Waals surface area (Å²) in [5, 5.41) is 0. The van der Waals surface area contributed by atoms with Gasteiger partial charge in [-0.2, -0.15) is 0 Å². The quantitative estimate of drug-likeness (QED) is 0.0261. The molecule has 0 spiro atoms. The number of rotatable bonds is 61. The van der Waals surface area contributed by atoms with Crippen molar-refractivity contribution < 1.29 is 28.6 Å². The van der Waals surface area contributed by atoms with Crippen LogP contribution in [0.3, 0.4) is 0 Å². The average molecular weight is 1060 g/mol. The van der Waals surface area contributed by atoms with Crippen LogP contribution < -0.4 is 0 Å². The summed E-state index contributed by atoms with van der Waals surface area (Å²) in [6.07, 6.45) is 82.4. The summed E-state index contributed by atoms with van der Waals surface area (Å²) in [5.41, 5.74) is 0. The van der Waals surface area contributed by atoms with Gasteiger partial charge in [0.25, 0.3) is 0 Å². The minimum atomic E-state index is -0.783. The summed E-state index contributed by atoms with van der Waals surface area (Å²) in [6.45, 7) is 6.57. The SMILES string of the molecule is CC/C=C\C/C=C\C/C=C\C/C=C\C/C=C\CCCCCCCC(=O)OC(COC(=O)CCCCCCCCCCCCCCC)COC(=O)CCCCCCCCCCCCCCCCCCCCCCCCCC. The van der Waals surface area contributed by atoms with E-state index in [-0.39, 0.29) is 31.1 Å². The third-order valence-electron chi connectivity index (χ3n) is 14.8. The highest BCUT2D eigenvalue weighted by molar-refractivity contribution is 5.71. The molecule has 0 fully saturated rings. The van der Waals surface area contributed by atoms with Crippen molar-refractivity contribution in [1.29, 1.82) is 0 Å². The van der Waals surface area contributed by atoms with Crippen LogP contribution in [0.2, 0.25) is 0 Å². The molecule has 1 unspecified atom stereocenters. The molecule has 0 saturated heterocycles. The van der Waals surface area contributed by atoms with Gasteiger partial charge in [0, 0.05) is 19.3 Å². The number of hydrogen-bond donors (Lipinski definition) is 0. The molecule has 0 rings (SSSR count). The maximum Gasteiger partial charge on any atom is 0.306 e. The van der Waals surface area contributed by atoms with Gasteiger partial charge in [-0.05, 0) is 64.2 Å². The van der Waals surface area contributed by atoms with Gasteiger partial charge >= 0.3 is 17.9 Å². The topological polar surface area (TPSA) is 78.9 Å². The van der Waals surface area contributed by atoms with Crippen molar-refractivity contribution in [1.82, 2.24) is 0 Å². The minimum Gasteiger partial charge on any atom is -0.462 e. The van der Waals surface area contributed by atoms with Crippen LogP contribution >= 0.6 is 0 Å². The first-order valence-corrected chi connectivity index (χ1v) is 33.3. The normalized spacial score (nSPS) is 12.4. The Morgan fingerprint density at radius 1 is 0.276 bits per heavy atom. The van der Waals surface area contributed by atoms with Crippen molar-refractivity contribution in [2.24, 2.45) is 0 Å². The summed E-state index contributed by atoms with van der Waals surface area (Å²) < 4.78 is 16.9. The molecule has 0 radical (unpaired) electrons. The molecule has 0 amide bonds. The van der Waals surface area contributed by atoms with E-state index in [1.165, 1.54) is 199 Å². The summed E-state index contributed by atoms with van der Waals surface area (Å²) in [4.78, 5) is 38.3. The standard InChI is InChI=1S/C70H126O6/c1-4-7-10-13-16-19-22-25-27-29-31-33-34-35-37-38-40-42-45-48-51-54-57-60-63-69(72)75-66-67(65-74-68(71)62-59-56-53-50-47-44-24-21-18-15-12-9-6-3)76-70(73)64-61-58-55-52-49-46-43-41-39-36-32-30-28-26-23-20-17-14-11-8-5-2/h8,11,17,20,26,28,32,36,41,43,67H,4-7,9-10,12-16,18-19,21-25,27,29-31,33-35,37-40,42,44-66H2,1-3H3/b11-8-,20-17-,28-26-,36-32-,43-41-. The number of ether oxygens (including phenoxy) is 3. The van der Waals surface area contributed by atoms with Gasteiger partial charge in [0.15, 0.2) is 6.10 Å². The molecule has 442 valence electrons. The van der Waals surface area contributed by atoms with Gasteiger partial charge in [0.2, 0.25) is 0 Å². The number of carbonyl (C=O) groups is 3. The first kappa shape index (κ1) is 73.1. The second-order valence-electron chi connectivity index (χ2n) is 22.4. The van der Waals surface area contributed by atoms with E-state index in [4.69, 9.17) is 14.2 Å². The highest BCUT2D eigenvalue weighted by Crippen LogP contribution is 2.18. The molecule has 1 atom stereocenters. The molecule has 0 aliphatic heterocycles. The third kappa shape index (κ3) is 62.0. The van der Waals surface area contributed by atoms with E-state index in [0.29, 0.717) is 19.3 Å². The van der Waals surface area contributed by atoms with Crippen LogP contribution in [0.4, 0.5) is 0 Å². The summed E-state index contributed by atoms with van der Waals surface area (Å²) >= 11 is 0. The van der Waals surface area contributed by atoms with Gasteiger partial charge < -0.3 is 14.2 Å². The zero-order chi connectivity index (χ0) is 55.0. The van der Waals surface area contributed by atoms with Gasteiger partial charge in [-0.25, -0.2) is 0 Å². The third-order valence-corrected chi connectivity index (χ3v) is 14.8. The molecule has 0 aliphatic carbocycles. The average Bonchev–Trinajstić information content (AvgIpc) is 3.42. The van der Waals surface area contributed by atoms with Crippen molar-refractivity contribution in [3.8, 4) is 0 Å². The van der Waals surface area contributed by atoms with E-state index in [1.807, 2.05) is 0 Å². The fourth-order valence-electron chi connectivity index (χ4n) is 9.83. The largest absolute Gasteiger partial charge is 0.462 e. The van der Waals surface area contributed by atoms with Crippen LogP contribution in [-0.4, -0.2) is 37.2 Å². The van der Waals surface area contributed by atoms with Crippen LogP contribution in [0.5, 0.6) is 0 Å². The van der Waals surface area contributed by atoms with Crippen LogP contribution in [0.25, 0.3) is 0 Å². The molecule has 6 nitrogen and oxygen atoms in total. The zero-order valence-corrected chi connectivity index (χ0v) is 50.8. The van der Waals surface area contributed by atoms with Gasteiger partial charge in [0.1, 0.15) is 13.2 Å². The maximum atomic E-state index is 12.9. The Hall–Kier alpha value is -2.89. The van der Waals surface area contributed by atoms with E-state index in [2.05, 4.69) is 81.5 Å². The molecule has 0 aromatic carbocycles. The fourth-order valence-corrected chi connectivity index (χ4v) is 9.83. The lowest BCUT2D eigenvalue weighted by Crippen LogP contribution is -2.30. The molecular formula is C70H126O6. The van der Waals surface area contributed by atoms with Crippen molar-refractivity contribution in [2.45, 2.75) is 354 Å². The number of hydrogen-bond acceptors (Lipinski definition) is 6. The number of allylic oxidation sites excluding steroid dienone is 10. The highest BCUT2D eigenvalue weighted by atomic mass is 16.6. The summed E-state index contributed by atoms with van der Waals surface area (Å²) in [7, 11) is 0. The molecule has 0 N–H and O–H groups in total. The molecule has 0 aliphatic rings. The van der Waals surface area contributed by atoms with Gasteiger partial charge in [-0.15, -0.1) is 0 Å². The Kier molecular flexibility index (Phi) is 62.2. The van der Waals surface area contributed by atoms with Gasteiger partial charge in [-0.3, -0.25) is 14.4 Å². The van der Waals surface area contributed by atoms with Gasteiger partial charge in [0.05, 0.1) is 0 Å². The summed E-state index contributed by atoms with van der Waals surface area (Å²) in [6, 6.07) is 0. The molecule has 76 heavy (non-hydrogen) atoms. The van der Waals surface area contributed by atoms with Crippen molar-refractivity contribution in [2.75, 3.05) is 13.2 Å². The first-order valence-electron chi connectivity index (χ1n) is 33.3. The van der Waals surface area contributed by atoms with Crippen LogP contribution in [0.15, 0.2) is 60.8 Å². The minimum absolute atomic E-state index is 0.0776. The number of unbranched alkanes of at least 4 members (excludes halogenated alkanes) is 40. The highest BCUT2D eigenvalue weighted by Gasteiger charge is 2.19. The van der Waals surface area contributed by atoms with Crippen LogP contribution in [0.1, 0.15) is 348 Å². The zero-order valence-electron chi connectivity index (χ0n) is 50.8. The Morgan fingerprint density at radius 3 is 0.803 bits per heavy atom. The monoisotopic (exact) mass is 1060 g/mol. The Labute approximate surface area is 472 Å². The van der Waals surface area contributed by atoms with Crippen molar-refractivity contribution in [3.63, 3.8) is 0 Å². The van der Waals surface area contributed by atoms with E-state index in [0.717, 1.165) is 109 Å². The lowest BCUT2D eigenvalue weighted by molar-refractivity contribution is -0.167. The number of esters is 3. The molecule has 0 bridgehead atoms. The fraction of sp³-hybridized carbons (Fsp3) is 0.814. The first-order chi connectivity index (χ1) is 37.5. The molecular weight excluding hydrogens is 937 g/mol. The predicted molar refractivity (Wildman–Crippen MR) is 330 cm³/mol. The van der Waals surface area contributed by atoms with Crippen LogP contribution in [0, 0.1) is 0 Å². The molecule has 0 aromatic rings. The lowest BCUT2D eigenvalue weighted by atomic mass is 10.0. The van der Waals surface area contributed by atoms with E-state index >= 15 is 0 Å². The Bertz CT molecular complexity index is 1360. The molecule has 0 heterocycles. The second-order valence-corrected chi connectivity index (χ2v) is 22.4. The molecule has 0 aromatic heterocycles. The summed E-state index contributed by atoms with van der Waals surface area (Å²) in [5.74, 6) is -0.875. The van der Waals surface area contributed by atoms with E-state index < -0.39 is 6.10 Å². The van der Waals surface area contributed by atoms with E-state index in [1.54, 1.807) is 0 Å². The second kappa shape index (κ2) is 64.6. The van der Waals surface area contributed by atoms with Crippen molar-refractivity contribution in [3.05, 3.63) is 60.8 Å². The van der Waals surface area contributed by atoms with E-state index in [9.17, 15) is 14.4 Å². The predicted octanol–water partition coefficient (Wildman–Crippen LogP) is 22.7. The lowest BCUT2D eigenvalue weighted by Gasteiger charge is -2.18. The van der Waals surface area contributed by atoms with Crippen LogP contribution in [-0.2, 0) is 28.6 Å². The smallest absolute Gasteiger partial charge is 0.306 e. The van der Waals surface area contributed by atoms with Gasteiger partial charge in [-0.1, -0.05) is 326 Å². The molecule has 0 saturated carbocycles. The Morgan fingerprint density at radius 2 is 0.513 bits per heavy atom. The molecule has 6 heteroatoms. The van der Waals surface area contributed by atoms with Crippen molar-refractivity contribution >= 4 is 17.9 Å².